The summed E-state index contributed by atoms with van der Waals surface area (Å²) in [5, 5.41) is 5.02. The Morgan fingerprint density at radius 2 is 0.459 bits per heavy atom. The van der Waals surface area contributed by atoms with E-state index in [9.17, 15) is 0 Å². The predicted octanol–water partition coefficient (Wildman–Crippen LogP) is 18.5. The molecule has 0 spiro atoms. The first kappa shape index (κ1) is 43.9. The minimum absolute atomic E-state index is 0.249. The molecule has 0 heteroatoms. The van der Waals surface area contributed by atoms with E-state index in [0.717, 1.165) is 25.7 Å². The molecule has 0 radical (unpaired) electrons. The Kier molecular flexibility index (Phi) is 10.7. The molecular weight excluding hydrogens is 889 g/mol. The van der Waals surface area contributed by atoms with Gasteiger partial charge in [-0.2, -0.15) is 0 Å². The van der Waals surface area contributed by atoms with Crippen LogP contribution in [0.15, 0.2) is 279 Å². The lowest BCUT2D eigenvalue weighted by atomic mass is 9.68. The largest absolute Gasteiger partial charge is 0.0622 e. The Hall–Kier alpha value is -8.84. The highest BCUT2D eigenvalue weighted by Crippen LogP contribution is 2.56. The zero-order valence-corrected chi connectivity index (χ0v) is 41.4. The summed E-state index contributed by atoms with van der Waals surface area (Å²) in [6.45, 7) is 0. The molecule has 0 saturated heterocycles. The fourth-order valence-electron chi connectivity index (χ4n) is 13.1. The van der Waals surface area contributed by atoms with Gasteiger partial charge in [-0.05, 0) is 184 Å². The van der Waals surface area contributed by atoms with Crippen LogP contribution in [0.25, 0.3) is 77.2 Å². The van der Waals surface area contributed by atoms with Crippen LogP contribution >= 0.6 is 0 Å². The van der Waals surface area contributed by atoms with Crippen LogP contribution in [0.3, 0.4) is 0 Å². The van der Waals surface area contributed by atoms with Gasteiger partial charge in [0.25, 0.3) is 0 Å². The van der Waals surface area contributed by atoms with Crippen molar-refractivity contribution in [1.82, 2.24) is 0 Å². The van der Waals surface area contributed by atoms with E-state index in [4.69, 9.17) is 0 Å². The normalized spacial score (nSPS) is 13.6. The molecule has 0 bridgehead atoms. The molecule has 2 aliphatic rings. The minimum atomic E-state index is -0.345. The molecule has 0 aromatic heterocycles. The molecular formula is C74H54. The molecule has 0 N–H and O–H groups in total. The van der Waals surface area contributed by atoms with Crippen LogP contribution in [0.5, 0.6) is 0 Å². The average Bonchev–Trinajstić information content (AvgIpc) is 3.90. The van der Waals surface area contributed by atoms with Gasteiger partial charge < -0.3 is 0 Å². The number of hydrogen-bond donors (Lipinski definition) is 0. The molecule has 0 unspecified atom stereocenters. The molecule has 0 heterocycles. The van der Waals surface area contributed by atoms with E-state index in [1.54, 1.807) is 0 Å². The standard InChI is InChI=1S/C74H54/c1-5-17-51(18-6-1)47-73(48-52-19-7-2-8-20-52)69-28-16-15-27-65(69)66-38-36-63(45-70(66)73)64-37-40-68-67-39-35-62(44-71(67)74(72(68)46-64,49-53-21-9-3-10-22-53)50-54-23-11-4-12-24-54)61-34-33-59-42-58(31-32-60(59)43-61)57-30-29-55-25-13-14-26-56(55)41-57/h1-46H,47-50H2. The summed E-state index contributed by atoms with van der Waals surface area (Å²) in [4.78, 5) is 0. The smallest absolute Gasteiger partial charge is 0.0296 e. The summed E-state index contributed by atoms with van der Waals surface area (Å²) in [6, 6.07) is 105. The Labute approximate surface area is 434 Å². The zero-order chi connectivity index (χ0) is 49.1. The summed E-state index contributed by atoms with van der Waals surface area (Å²) in [6.07, 6.45) is 3.58. The summed E-state index contributed by atoms with van der Waals surface area (Å²) in [5.74, 6) is 0. The lowest BCUT2D eigenvalue weighted by Gasteiger charge is -2.34. The van der Waals surface area contributed by atoms with E-state index in [1.807, 2.05) is 0 Å². The van der Waals surface area contributed by atoms with Gasteiger partial charge in [-0.3, -0.25) is 0 Å². The maximum Gasteiger partial charge on any atom is 0.0296 e. The molecule has 350 valence electrons. The van der Waals surface area contributed by atoms with Gasteiger partial charge in [0.15, 0.2) is 0 Å². The van der Waals surface area contributed by atoms with Crippen molar-refractivity contribution in [3.63, 3.8) is 0 Å². The number of benzene rings is 12. The monoisotopic (exact) mass is 942 g/mol. The molecule has 14 rings (SSSR count). The molecule has 12 aromatic rings. The first-order valence-electron chi connectivity index (χ1n) is 26.3. The Balaban J connectivity index is 0.909. The minimum Gasteiger partial charge on any atom is -0.0622 e. The highest BCUT2D eigenvalue weighted by molar-refractivity contribution is 5.94. The highest BCUT2D eigenvalue weighted by Gasteiger charge is 2.45. The Morgan fingerprint density at radius 1 is 0.189 bits per heavy atom. The Bertz CT molecular complexity index is 3970. The van der Waals surface area contributed by atoms with Crippen LogP contribution in [0.2, 0.25) is 0 Å². The van der Waals surface area contributed by atoms with E-state index in [2.05, 4.69) is 279 Å². The van der Waals surface area contributed by atoms with Gasteiger partial charge in [0, 0.05) is 10.8 Å². The van der Waals surface area contributed by atoms with Crippen molar-refractivity contribution < 1.29 is 0 Å². The van der Waals surface area contributed by atoms with Gasteiger partial charge in [-0.15, -0.1) is 0 Å². The number of hydrogen-bond acceptors (Lipinski definition) is 0. The van der Waals surface area contributed by atoms with Crippen molar-refractivity contribution in [2.45, 2.75) is 36.5 Å². The van der Waals surface area contributed by atoms with Crippen molar-refractivity contribution >= 4 is 21.5 Å². The molecule has 74 heavy (non-hydrogen) atoms. The van der Waals surface area contributed by atoms with E-state index >= 15 is 0 Å². The third-order valence-electron chi connectivity index (χ3n) is 16.6. The van der Waals surface area contributed by atoms with Crippen molar-refractivity contribution in [2.75, 3.05) is 0 Å². The van der Waals surface area contributed by atoms with Crippen molar-refractivity contribution in [1.29, 1.82) is 0 Å². The van der Waals surface area contributed by atoms with Crippen LogP contribution in [0.4, 0.5) is 0 Å². The molecule has 0 atom stereocenters. The maximum atomic E-state index is 2.57. The van der Waals surface area contributed by atoms with Crippen LogP contribution in [-0.2, 0) is 36.5 Å². The van der Waals surface area contributed by atoms with E-state index in [-0.39, 0.29) is 10.8 Å². The molecule has 2 aliphatic carbocycles. The van der Waals surface area contributed by atoms with Gasteiger partial charge in [-0.1, -0.05) is 243 Å². The van der Waals surface area contributed by atoms with Gasteiger partial charge in [0.05, 0.1) is 0 Å². The van der Waals surface area contributed by atoms with Crippen molar-refractivity contribution in [3.05, 3.63) is 324 Å². The predicted molar refractivity (Wildman–Crippen MR) is 311 cm³/mol. The average molecular weight is 943 g/mol. The summed E-state index contributed by atoms with van der Waals surface area (Å²) >= 11 is 0. The molecule has 12 aromatic carbocycles. The maximum absolute atomic E-state index is 2.57. The second-order valence-corrected chi connectivity index (χ2v) is 21.0. The molecule has 0 aliphatic heterocycles. The van der Waals surface area contributed by atoms with Crippen LogP contribution < -0.4 is 0 Å². The summed E-state index contributed by atoms with van der Waals surface area (Å²) < 4.78 is 0. The van der Waals surface area contributed by atoms with Crippen LogP contribution in [0, 0.1) is 0 Å². The van der Waals surface area contributed by atoms with Crippen molar-refractivity contribution in [2.24, 2.45) is 0 Å². The quantitative estimate of drug-likeness (QED) is 0.121. The van der Waals surface area contributed by atoms with Crippen LogP contribution in [-0.4, -0.2) is 0 Å². The lowest BCUT2D eigenvalue weighted by Crippen LogP contribution is -2.31. The molecule has 0 amide bonds. The number of fused-ring (bicyclic) bond motifs is 8. The van der Waals surface area contributed by atoms with E-state index in [1.165, 1.54) is 122 Å². The lowest BCUT2D eigenvalue weighted by molar-refractivity contribution is 0.519. The topological polar surface area (TPSA) is 0 Å². The second-order valence-electron chi connectivity index (χ2n) is 21.0. The van der Waals surface area contributed by atoms with Gasteiger partial charge in [-0.25, -0.2) is 0 Å². The SMILES string of the molecule is c1ccc(CC2(Cc3ccccc3)c3ccccc3-c3ccc(-c4ccc5c(c4)C(Cc4ccccc4)(Cc4ccccc4)c4cc(-c6ccc7cc(-c8ccc9ccccc9c8)ccc7c6)ccc4-5)cc32)cc1. The third kappa shape index (κ3) is 7.60. The summed E-state index contributed by atoms with van der Waals surface area (Å²) in [7, 11) is 0. The number of rotatable bonds is 11. The van der Waals surface area contributed by atoms with E-state index < -0.39 is 0 Å². The first-order chi connectivity index (χ1) is 36.6. The zero-order valence-electron chi connectivity index (χ0n) is 41.4. The van der Waals surface area contributed by atoms with Crippen LogP contribution in [0.1, 0.15) is 44.5 Å². The second kappa shape index (κ2) is 18.0. The fraction of sp³-hybridized carbons (Fsp3) is 0.0811. The van der Waals surface area contributed by atoms with Gasteiger partial charge >= 0.3 is 0 Å². The third-order valence-corrected chi connectivity index (χ3v) is 16.6. The first-order valence-corrected chi connectivity index (χ1v) is 26.3. The molecule has 0 fully saturated rings. The van der Waals surface area contributed by atoms with Gasteiger partial charge in [0.2, 0.25) is 0 Å². The highest BCUT2D eigenvalue weighted by atomic mass is 14.5. The molecule has 0 nitrogen and oxygen atoms in total. The van der Waals surface area contributed by atoms with E-state index in [0.29, 0.717) is 0 Å². The van der Waals surface area contributed by atoms with Crippen molar-refractivity contribution in [3.8, 4) is 55.6 Å². The molecule has 0 saturated carbocycles. The summed E-state index contributed by atoms with van der Waals surface area (Å²) in [5.41, 5.74) is 23.3. The Morgan fingerprint density at radius 3 is 0.865 bits per heavy atom. The fourth-order valence-corrected chi connectivity index (χ4v) is 13.1. The van der Waals surface area contributed by atoms with Gasteiger partial charge in [0.1, 0.15) is 0 Å².